The molecule has 24 heavy (non-hydrogen) atoms. The van der Waals surface area contributed by atoms with Crippen LogP contribution in [0.3, 0.4) is 0 Å². The molecule has 0 bridgehead atoms. The summed E-state index contributed by atoms with van der Waals surface area (Å²) in [4.78, 5) is 15.4. The first kappa shape index (κ1) is 19.3. The quantitative estimate of drug-likeness (QED) is 0.628. The molecule has 0 atom stereocenters. The number of carbonyl (C=O) groups excluding carboxylic acids is 1. The van der Waals surface area contributed by atoms with Gasteiger partial charge in [0.1, 0.15) is 5.82 Å². The van der Waals surface area contributed by atoms with Gasteiger partial charge < -0.3 is 5.32 Å². The van der Waals surface area contributed by atoms with Gasteiger partial charge in [-0.1, -0.05) is 19.9 Å². The molecule has 1 heterocycles. The van der Waals surface area contributed by atoms with Gasteiger partial charge in [0, 0.05) is 30.6 Å². The van der Waals surface area contributed by atoms with Crippen LogP contribution in [0.5, 0.6) is 0 Å². The van der Waals surface area contributed by atoms with Crippen molar-refractivity contribution < 1.29 is 14.4 Å². The summed E-state index contributed by atoms with van der Waals surface area (Å²) in [5.74, 6) is -0.409. The van der Waals surface area contributed by atoms with E-state index in [4.69, 9.17) is 5.21 Å². The second-order valence-electron chi connectivity index (χ2n) is 4.81. The van der Waals surface area contributed by atoms with E-state index in [1.54, 1.807) is 19.1 Å². The molecule has 0 unspecified atom stereocenters. The third kappa shape index (κ3) is 5.17. The van der Waals surface area contributed by atoms with E-state index in [2.05, 4.69) is 10.3 Å². The number of hydrogen-bond donors (Lipinski definition) is 2. The first-order valence-electron chi connectivity index (χ1n) is 7.57. The summed E-state index contributed by atoms with van der Waals surface area (Å²) in [5.41, 5.74) is 2.29. The molecule has 5 nitrogen and oxygen atoms in total. The molecule has 0 aliphatic heterocycles. The van der Waals surface area contributed by atoms with E-state index in [1.165, 1.54) is 37.8 Å². The summed E-state index contributed by atoms with van der Waals surface area (Å²) in [6.45, 7) is 5.79. The second kappa shape index (κ2) is 9.42. The van der Waals surface area contributed by atoms with Crippen LogP contribution in [-0.4, -0.2) is 28.6 Å². The molecule has 1 aromatic carbocycles. The van der Waals surface area contributed by atoms with Crippen LogP contribution in [0, 0.1) is 12.7 Å². The fraction of sp³-hybridized carbons (Fsp3) is 0.222. The van der Waals surface area contributed by atoms with Crippen LogP contribution in [0.25, 0.3) is 6.08 Å². The Bertz CT molecular complexity index is 715. The van der Waals surface area contributed by atoms with Crippen molar-refractivity contribution in [3.63, 3.8) is 0 Å². The Kier molecular flexibility index (Phi) is 7.58. The number of aromatic nitrogens is 1. The molecule has 0 spiro atoms. The molecule has 6 heteroatoms. The fourth-order valence-corrected chi connectivity index (χ4v) is 1.91. The lowest BCUT2D eigenvalue weighted by Crippen LogP contribution is -2.03. The number of pyridine rings is 1. The molecular formula is C18H22FN3O2. The van der Waals surface area contributed by atoms with E-state index < -0.39 is 5.82 Å². The average molecular weight is 331 g/mol. The lowest BCUT2D eigenvalue weighted by molar-refractivity contribution is -0.0118. The molecule has 0 aliphatic rings. The van der Waals surface area contributed by atoms with Crippen LogP contribution < -0.4 is 5.32 Å². The first-order valence-corrected chi connectivity index (χ1v) is 7.57. The van der Waals surface area contributed by atoms with Gasteiger partial charge in [0.05, 0.1) is 17.6 Å². The van der Waals surface area contributed by atoms with E-state index in [0.717, 1.165) is 10.6 Å². The smallest absolute Gasteiger partial charge is 0.152 e. The maximum atomic E-state index is 13.9. The van der Waals surface area contributed by atoms with Crippen molar-refractivity contribution in [3.05, 3.63) is 59.3 Å². The summed E-state index contributed by atoms with van der Waals surface area (Å²) in [6.07, 6.45) is 6.50. The molecule has 0 fully saturated rings. The maximum Gasteiger partial charge on any atom is 0.152 e. The molecule has 128 valence electrons. The minimum absolute atomic E-state index is 0.260. The molecular weight excluding hydrogens is 309 g/mol. The molecule has 0 saturated carbocycles. The number of carbonyl (C=O) groups is 1. The standard InChI is InChI=1S/C16H16FN3O2.C2H6/c1-11-3-4-15(14(17)7-11)19-16-9-18-8-12(13(16)10-21)5-6-20(2)22;1-2/h3-10,19,22H,1-2H3;1-2H3/b6-5-;. The van der Waals surface area contributed by atoms with Gasteiger partial charge in [-0.25, -0.2) is 4.39 Å². The van der Waals surface area contributed by atoms with Gasteiger partial charge in [0.15, 0.2) is 6.29 Å². The number of halogens is 1. The number of nitrogens with zero attached hydrogens (tertiary/aromatic N) is 2. The van der Waals surface area contributed by atoms with Gasteiger partial charge in [0.2, 0.25) is 0 Å². The minimum Gasteiger partial charge on any atom is -0.351 e. The van der Waals surface area contributed by atoms with E-state index >= 15 is 0 Å². The van der Waals surface area contributed by atoms with Crippen molar-refractivity contribution in [1.82, 2.24) is 10.0 Å². The number of nitrogens with one attached hydrogen (secondary N) is 1. The van der Waals surface area contributed by atoms with Crippen molar-refractivity contribution in [3.8, 4) is 0 Å². The Labute approximate surface area is 141 Å². The zero-order valence-electron chi connectivity index (χ0n) is 14.2. The van der Waals surface area contributed by atoms with Crippen molar-refractivity contribution in [2.45, 2.75) is 20.8 Å². The van der Waals surface area contributed by atoms with Crippen LogP contribution in [0.2, 0.25) is 0 Å². The number of hydroxylamine groups is 2. The molecule has 2 N–H and O–H groups in total. The summed E-state index contributed by atoms with van der Waals surface area (Å²) < 4.78 is 13.9. The third-order valence-corrected chi connectivity index (χ3v) is 3.00. The monoisotopic (exact) mass is 331 g/mol. The number of aldehydes is 1. The van der Waals surface area contributed by atoms with Gasteiger partial charge in [-0.3, -0.25) is 20.0 Å². The molecule has 1 aromatic heterocycles. The Hall–Kier alpha value is -2.73. The van der Waals surface area contributed by atoms with Gasteiger partial charge >= 0.3 is 0 Å². The van der Waals surface area contributed by atoms with E-state index in [9.17, 15) is 9.18 Å². The van der Waals surface area contributed by atoms with Crippen molar-refractivity contribution >= 4 is 23.7 Å². The van der Waals surface area contributed by atoms with Gasteiger partial charge in [-0.05, 0) is 30.7 Å². The predicted octanol–water partition coefficient (Wildman–Crippen LogP) is 4.40. The van der Waals surface area contributed by atoms with Gasteiger partial charge in [-0.15, -0.1) is 0 Å². The van der Waals surface area contributed by atoms with Crippen molar-refractivity contribution in [2.24, 2.45) is 0 Å². The van der Waals surface area contributed by atoms with Crippen LogP contribution in [0.15, 0.2) is 36.8 Å². The molecule has 2 aromatic rings. The molecule has 0 saturated heterocycles. The van der Waals surface area contributed by atoms with Crippen molar-refractivity contribution in [2.75, 3.05) is 12.4 Å². The largest absolute Gasteiger partial charge is 0.351 e. The first-order chi connectivity index (χ1) is 11.5. The van der Waals surface area contributed by atoms with E-state index in [-0.39, 0.29) is 5.69 Å². The van der Waals surface area contributed by atoms with E-state index in [0.29, 0.717) is 23.1 Å². The highest BCUT2D eigenvalue weighted by Crippen LogP contribution is 2.24. The maximum absolute atomic E-state index is 13.9. The summed E-state index contributed by atoms with van der Waals surface area (Å²) in [7, 11) is 1.44. The Morgan fingerprint density at radius 2 is 1.96 bits per heavy atom. The Morgan fingerprint density at radius 3 is 2.54 bits per heavy atom. The molecule has 2 rings (SSSR count). The highest BCUT2D eigenvalue weighted by Gasteiger charge is 2.09. The number of hydrogen-bond acceptors (Lipinski definition) is 5. The number of aryl methyl sites for hydroxylation is 1. The fourth-order valence-electron chi connectivity index (χ4n) is 1.91. The van der Waals surface area contributed by atoms with Crippen molar-refractivity contribution in [1.29, 1.82) is 0 Å². The number of rotatable bonds is 5. The summed E-state index contributed by atoms with van der Waals surface area (Å²) in [5, 5.41) is 12.8. The van der Waals surface area contributed by atoms with Crippen LogP contribution in [0.1, 0.15) is 35.3 Å². The highest BCUT2D eigenvalue weighted by molar-refractivity contribution is 5.90. The topological polar surface area (TPSA) is 65.5 Å². The number of benzene rings is 1. The molecule has 0 amide bonds. The van der Waals surface area contributed by atoms with Crippen LogP contribution in [0.4, 0.5) is 15.8 Å². The lowest BCUT2D eigenvalue weighted by Gasteiger charge is -2.11. The van der Waals surface area contributed by atoms with Gasteiger partial charge in [0.25, 0.3) is 0 Å². The van der Waals surface area contributed by atoms with Gasteiger partial charge in [-0.2, -0.15) is 0 Å². The van der Waals surface area contributed by atoms with E-state index in [1.807, 2.05) is 13.8 Å². The normalized spacial score (nSPS) is 10.1. The second-order valence-corrected chi connectivity index (χ2v) is 4.81. The average Bonchev–Trinajstić information content (AvgIpc) is 2.57. The minimum atomic E-state index is -0.409. The lowest BCUT2D eigenvalue weighted by atomic mass is 10.1. The SMILES string of the molecule is CC.Cc1ccc(Nc2cncc(/C=C\N(C)O)c2C=O)c(F)c1. The summed E-state index contributed by atoms with van der Waals surface area (Å²) in [6, 6.07) is 4.77. The summed E-state index contributed by atoms with van der Waals surface area (Å²) >= 11 is 0. The zero-order chi connectivity index (χ0) is 18.1. The van der Waals surface area contributed by atoms with Crippen LogP contribution >= 0.6 is 0 Å². The number of anilines is 2. The predicted molar refractivity (Wildman–Crippen MR) is 94.0 cm³/mol. The zero-order valence-corrected chi connectivity index (χ0v) is 14.2. The molecule has 0 radical (unpaired) electrons. The third-order valence-electron chi connectivity index (χ3n) is 3.00. The molecule has 0 aliphatic carbocycles. The Morgan fingerprint density at radius 1 is 1.25 bits per heavy atom. The Balaban J connectivity index is 0.00000139. The highest BCUT2D eigenvalue weighted by atomic mass is 19.1. The van der Waals surface area contributed by atoms with Crippen LogP contribution in [-0.2, 0) is 0 Å².